The van der Waals surface area contributed by atoms with Crippen LogP contribution in [0, 0.1) is 6.92 Å². The molecule has 0 aromatic heterocycles. The lowest BCUT2D eigenvalue weighted by molar-refractivity contribution is -0.145. The monoisotopic (exact) mass is 290 g/mol. The van der Waals surface area contributed by atoms with Crippen molar-refractivity contribution in [1.29, 1.82) is 0 Å². The van der Waals surface area contributed by atoms with E-state index >= 15 is 0 Å². The van der Waals surface area contributed by atoms with E-state index < -0.39 is 17.5 Å². The maximum absolute atomic E-state index is 12.2. The molecule has 0 heterocycles. The molecule has 0 bridgehead atoms. The van der Waals surface area contributed by atoms with Gasteiger partial charge >= 0.3 is 12.0 Å². The molecule has 2 amide bonds. The molecule has 0 atom stereocenters. The quantitative estimate of drug-likeness (QED) is 0.747. The molecule has 0 spiro atoms. The van der Waals surface area contributed by atoms with Gasteiger partial charge in [0.15, 0.2) is 0 Å². The number of carboxylic acids is 1. The van der Waals surface area contributed by atoms with E-state index in [4.69, 9.17) is 0 Å². The summed E-state index contributed by atoms with van der Waals surface area (Å²) in [7, 11) is 0. The molecule has 5 heteroatoms. The molecule has 1 aliphatic carbocycles. The number of carbonyl (C=O) groups excluding carboxylic acids is 1. The predicted octanol–water partition coefficient (Wildman–Crippen LogP) is 3.29. The molecule has 5 nitrogen and oxygen atoms in total. The number of para-hydroxylation sites is 1. The SMILES string of the molecule is Cc1ccccc1NC(=O)NC1(C(=O)O)CCCCCC1. The first-order chi connectivity index (χ1) is 10.0. The molecule has 2 rings (SSSR count). The Kier molecular flexibility index (Phi) is 4.83. The number of anilines is 1. The molecular formula is C16H22N2O3. The minimum absolute atomic E-state index is 0.450. The molecule has 1 aromatic carbocycles. The van der Waals surface area contributed by atoms with Gasteiger partial charge in [0, 0.05) is 5.69 Å². The molecule has 1 aliphatic rings. The highest BCUT2D eigenvalue weighted by molar-refractivity contribution is 5.94. The Morgan fingerprint density at radius 2 is 1.71 bits per heavy atom. The maximum Gasteiger partial charge on any atom is 0.329 e. The van der Waals surface area contributed by atoms with Crippen LogP contribution < -0.4 is 10.6 Å². The summed E-state index contributed by atoms with van der Waals surface area (Å²) in [5.41, 5.74) is 0.505. The van der Waals surface area contributed by atoms with Gasteiger partial charge in [-0.25, -0.2) is 9.59 Å². The first-order valence-corrected chi connectivity index (χ1v) is 7.42. The highest BCUT2D eigenvalue weighted by Crippen LogP contribution is 2.27. The summed E-state index contributed by atoms with van der Waals surface area (Å²) >= 11 is 0. The van der Waals surface area contributed by atoms with Crippen molar-refractivity contribution in [2.24, 2.45) is 0 Å². The Morgan fingerprint density at radius 1 is 1.10 bits per heavy atom. The van der Waals surface area contributed by atoms with Crippen LogP contribution >= 0.6 is 0 Å². The second kappa shape index (κ2) is 6.61. The van der Waals surface area contributed by atoms with E-state index in [0.717, 1.165) is 31.2 Å². The van der Waals surface area contributed by atoms with Gasteiger partial charge in [-0.3, -0.25) is 0 Å². The fourth-order valence-corrected chi connectivity index (χ4v) is 2.81. The molecule has 1 saturated carbocycles. The maximum atomic E-state index is 12.2. The predicted molar refractivity (Wildman–Crippen MR) is 81.4 cm³/mol. The number of benzene rings is 1. The van der Waals surface area contributed by atoms with E-state index in [1.165, 1.54) is 0 Å². The lowest BCUT2D eigenvalue weighted by Gasteiger charge is -2.29. The minimum Gasteiger partial charge on any atom is -0.480 e. The zero-order valence-corrected chi connectivity index (χ0v) is 12.3. The van der Waals surface area contributed by atoms with Crippen LogP contribution in [0.4, 0.5) is 10.5 Å². The number of rotatable bonds is 3. The number of nitrogens with one attached hydrogen (secondary N) is 2. The Bertz CT molecular complexity index is 520. The molecule has 1 fully saturated rings. The number of carbonyl (C=O) groups is 2. The summed E-state index contributed by atoms with van der Waals surface area (Å²) in [6.45, 7) is 1.90. The number of hydrogen-bond donors (Lipinski definition) is 3. The summed E-state index contributed by atoms with van der Waals surface area (Å²) in [5.74, 6) is -0.940. The van der Waals surface area contributed by atoms with Crippen molar-refractivity contribution in [3.63, 3.8) is 0 Å². The van der Waals surface area contributed by atoms with Crippen LogP contribution in [0.3, 0.4) is 0 Å². The van der Waals surface area contributed by atoms with E-state index in [1.807, 2.05) is 25.1 Å². The van der Waals surface area contributed by atoms with Gasteiger partial charge < -0.3 is 15.7 Å². The van der Waals surface area contributed by atoms with Crippen molar-refractivity contribution in [2.45, 2.75) is 51.0 Å². The zero-order valence-electron chi connectivity index (χ0n) is 12.3. The van der Waals surface area contributed by atoms with Crippen LogP contribution in [0.25, 0.3) is 0 Å². The van der Waals surface area contributed by atoms with Crippen molar-refractivity contribution in [2.75, 3.05) is 5.32 Å². The van der Waals surface area contributed by atoms with Crippen LogP contribution in [-0.4, -0.2) is 22.6 Å². The highest BCUT2D eigenvalue weighted by atomic mass is 16.4. The number of aliphatic carboxylic acids is 1. The number of carboxylic acid groups (broad SMARTS) is 1. The number of hydrogen-bond acceptors (Lipinski definition) is 2. The zero-order chi connectivity index (χ0) is 15.3. The van der Waals surface area contributed by atoms with Gasteiger partial charge in [0.2, 0.25) is 0 Å². The summed E-state index contributed by atoms with van der Waals surface area (Å²) in [5, 5.41) is 15.0. The molecule has 0 radical (unpaired) electrons. The number of amides is 2. The Morgan fingerprint density at radius 3 is 2.29 bits per heavy atom. The van der Waals surface area contributed by atoms with E-state index in [2.05, 4.69) is 10.6 Å². The van der Waals surface area contributed by atoms with Crippen molar-refractivity contribution < 1.29 is 14.7 Å². The average Bonchev–Trinajstić information content (AvgIpc) is 2.68. The Labute approximate surface area is 124 Å². The second-order valence-electron chi connectivity index (χ2n) is 5.70. The summed E-state index contributed by atoms with van der Waals surface area (Å²) in [6, 6.07) is 6.97. The van der Waals surface area contributed by atoms with Crippen LogP contribution in [0.5, 0.6) is 0 Å². The van der Waals surface area contributed by atoms with Crippen LogP contribution in [-0.2, 0) is 4.79 Å². The Hall–Kier alpha value is -2.04. The van der Waals surface area contributed by atoms with Gasteiger partial charge in [-0.1, -0.05) is 43.9 Å². The number of urea groups is 1. The van der Waals surface area contributed by atoms with Gasteiger partial charge in [0.25, 0.3) is 0 Å². The smallest absolute Gasteiger partial charge is 0.329 e. The fraction of sp³-hybridized carbons (Fsp3) is 0.500. The first kappa shape index (κ1) is 15.4. The largest absolute Gasteiger partial charge is 0.480 e. The fourth-order valence-electron chi connectivity index (χ4n) is 2.81. The van der Waals surface area contributed by atoms with Gasteiger partial charge in [0.1, 0.15) is 5.54 Å². The second-order valence-corrected chi connectivity index (χ2v) is 5.70. The van der Waals surface area contributed by atoms with Gasteiger partial charge in [0.05, 0.1) is 0 Å². The normalized spacial score (nSPS) is 17.6. The van der Waals surface area contributed by atoms with E-state index in [9.17, 15) is 14.7 Å². The topological polar surface area (TPSA) is 78.4 Å². The van der Waals surface area contributed by atoms with E-state index in [1.54, 1.807) is 6.07 Å². The third-order valence-electron chi connectivity index (χ3n) is 4.11. The molecule has 0 unspecified atom stereocenters. The van der Waals surface area contributed by atoms with Crippen molar-refractivity contribution in [3.8, 4) is 0 Å². The first-order valence-electron chi connectivity index (χ1n) is 7.42. The van der Waals surface area contributed by atoms with E-state index in [-0.39, 0.29) is 0 Å². The lowest BCUT2D eigenvalue weighted by atomic mass is 9.90. The lowest BCUT2D eigenvalue weighted by Crippen LogP contribution is -2.55. The molecule has 21 heavy (non-hydrogen) atoms. The van der Waals surface area contributed by atoms with Crippen molar-refractivity contribution in [3.05, 3.63) is 29.8 Å². The van der Waals surface area contributed by atoms with Crippen molar-refractivity contribution >= 4 is 17.7 Å². The molecular weight excluding hydrogens is 268 g/mol. The van der Waals surface area contributed by atoms with Gasteiger partial charge in [-0.2, -0.15) is 0 Å². The highest BCUT2D eigenvalue weighted by Gasteiger charge is 2.40. The molecule has 0 saturated heterocycles. The summed E-state index contributed by atoms with van der Waals surface area (Å²) < 4.78 is 0. The summed E-state index contributed by atoms with van der Waals surface area (Å²) in [4.78, 5) is 23.8. The van der Waals surface area contributed by atoms with Gasteiger partial charge in [-0.15, -0.1) is 0 Å². The molecule has 1 aromatic rings. The minimum atomic E-state index is -1.14. The van der Waals surface area contributed by atoms with Crippen molar-refractivity contribution in [1.82, 2.24) is 5.32 Å². The number of aryl methyl sites for hydroxylation is 1. The third-order valence-corrected chi connectivity index (χ3v) is 4.11. The van der Waals surface area contributed by atoms with Gasteiger partial charge in [-0.05, 0) is 31.4 Å². The van der Waals surface area contributed by atoms with Crippen LogP contribution in [0.1, 0.15) is 44.1 Å². The third kappa shape index (κ3) is 3.74. The van der Waals surface area contributed by atoms with Crippen LogP contribution in [0.15, 0.2) is 24.3 Å². The average molecular weight is 290 g/mol. The molecule has 3 N–H and O–H groups in total. The summed E-state index contributed by atoms with van der Waals surface area (Å²) in [6.07, 6.45) is 4.69. The molecule has 0 aliphatic heterocycles. The Balaban J connectivity index is 2.08. The van der Waals surface area contributed by atoms with Crippen LogP contribution in [0.2, 0.25) is 0 Å². The molecule has 114 valence electrons. The standard InChI is InChI=1S/C16H22N2O3/c1-12-8-4-5-9-13(12)17-15(21)18-16(14(19)20)10-6-2-3-7-11-16/h4-5,8-9H,2-3,6-7,10-11H2,1H3,(H,19,20)(H2,17,18,21). The van der Waals surface area contributed by atoms with E-state index in [0.29, 0.717) is 18.5 Å².